The first kappa shape index (κ1) is 12.3. The topological polar surface area (TPSA) is 24.9 Å². The van der Waals surface area contributed by atoms with Crippen LogP contribution >= 0.6 is 22.9 Å². The molecule has 2 aromatic rings. The minimum atomic E-state index is -0.392. The average Bonchev–Trinajstić information content (AvgIpc) is 2.60. The minimum absolute atomic E-state index is 0.149. The van der Waals surface area contributed by atoms with E-state index in [4.69, 9.17) is 11.6 Å². The number of hydrogen-bond donors (Lipinski definition) is 1. The molecule has 1 heterocycles. The number of hydrogen-bond acceptors (Lipinski definition) is 3. The van der Waals surface area contributed by atoms with Crippen molar-refractivity contribution in [3.63, 3.8) is 0 Å². The van der Waals surface area contributed by atoms with Gasteiger partial charge in [-0.25, -0.2) is 9.37 Å². The largest absolute Gasteiger partial charge is 0.357 e. The van der Waals surface area contributed by atoms with Gasteiger partial charge in [-0.3, -0.25) is 0 Å². The van der Waals surface area contributed by atoms with Crippen LogP contribution in [0.1, 0.15) is 16.1 Å². The molecule has 0 aliphatic carbocycles. The Morgan fingerprint density at radius 3 is 2.76 bits per heavy atom. The zero-order chi connectivity index (χ0) is 12.4. The second kappa shape index (κ2) is 5.02. The molecule has 1 aromatic carbocycles. The van der Waals surface area contributed by atoms with E-state index in [0.29, 0.717) is 6.54 Å². The molecule has 0 saturated heterocycles. The summed E-state index contributed by atoms with van der Waals surface area (Å²) in [7, 11) is 0. The molecule has 0 atom stereocenters. The zero-order valence-corrected chi connectivity index (χ0v) is 11.1. The van der Waals surface area contributed by atoms with E-state index in [1.165, 1.54) is 10.9 Å². The zero-order valence-electron chi connectivity index (χ0n) is 9.55. The molecule has 2 nitrogen and oxygen atoms in total. The van der Waals surface area contributed by atoms with Gasteiger partial charge in [0.05, 0.1) is 10.7 Å². The highest BCUT2D eigenvalue weighted by Gasteiger charge is 2.04. The maximum absolute atomic E-state index is 13.0. The summed E-state index contributed by atoms with van der Waals surface area (Å²) < 4.78 is 13.0. The molecular formula is C12H12ClFN2S. The summed E-state index contributed by atoms with van der Waals surface area (Å²) in [5.41, 5.74) is 1.97. The molecule has 0 radical (unpaired) electrons. The van der Waals surface area contributed by atoms with E-state index in [2.05, 4.69) is 10.3 Å². The molecule has 1 N–H and O–H groups in total. The fourth-order valence-electron chi connectivity index (χ4n) is 1.38. The number of nitrogens with zero attached hydrogens (tertiary/aromatic N) is 1. The second-order valence-corrected chi connectivity index (χ2v) is 5.37. The molecule has 17 heavy (non-hydrogen) atoms. The van der Waals surface area contributed by atoms with Gasteiger partial charge in [0, 0.05) is 11.4 Å². The number of halogens is 2. The standard InChI is InChI=1S/C12H12ClFN2S/c1-7-8(2)17-12(16-7)15-6-9-3-4-11(14)10(13)5-9/h3-5H,6H2,1-2H3,(H,15,16). The van der Waals surface area contributed by atoms with E-state index in [1.54, 1.807) is 23.5 Å². The first-order valence-corrected chi connectivity index (χ1v) is 6.37. The molecule has 0 spiro atoms. The highest BCUT2D eigenvalue weighted by molar-refractivity contribution is 7.15. The monoisotopic (exact) mass is 270 g/mol. The van der Waals surface area contributed by atoms with Crippen LogP contribution in [0.4, 0.5) is 9.52 Å². The van der Waals surface area contributed by atoms with Crippen LogP contribution in [-0.2, 0) is 6.54 Å². The van der Waals surface area contributed by atoms with Crippen molar-refractivity contribution in [1.82, 2.24) is 4.98 Å². The summed E-state index contributed by atoms with van der Waals surface area (Å²) in [6.07, 6.45) is 0. The molecule has 5 heteroatoms. The number of nitrogens with one attached hydrogen (secondary N) is 1. The van der Waals surface area contributed by atoms with Crippen LogP contribution in [0.15, 0.2) is 18.2 Å². The lowest BCUT2D eigenvalue weighted by Gasteiger charge is -2.03. The molecule has 0 aliphatic rings. The number of thiazole rings is 1. The predicted octanol–water partition coefficient (Wildman–Crippen LogP) is 4.16. The Balaban J connectivity index is 2.04. The van der Waals surface area contributed by atoms with E-state index in [9.17, 15) is 4.39 Å². The van der Waals surface area contributed by atoms with E-state index in [0.717, 1.165) is 16.4 Å². The minimum Gasteiger partial charge on any atom is -0.357 e. The van der Waals surface area contributed by atoms with Crippen molar-refractivity contribution in [2.24, 2.45) is 0 Å². The highest BCUT2D eigenvalue weighted by atomic mass is 35.5. The Labute approximate surface area is 108 Å². The van der Waals surface area contributed by atoms with Gasteiger partial charge in [-0.15, -0.1) is 11.3 Å². The lowest BCUT2D eigenvalue weighted by atomic mass is 10.2. The predicted molar refractivity (Wildman–Crippen MR) is 70.3 cm³/mol. The summed E-state index contributed by atoms with van der Waals surface area (Å²) in [6.45, 7) is 4.60. The van der Waals surface area contributed by atoms with Gasteiger partial charge in [0.25, 0.3) is 0 Å². The third kappa shape index (κ3) is 2.96. The molecule has 0 bridgehead atoms. The van der Waals surface area contributed by atoms with Crippen LogP contribution in [0.25, 0.3) is 0 Å². The van der Waals surface area contributed by atoms with E-state index >= 15 is 0 Å². The van der Waals surface area contributed by atoms with Crippen molar-refractivity contribution < 1.29 is 4.39 Å². The maximum atomic E-state index is 13.0. The van der Waals surface area contributed by atoms with E-state index in [1.807, 2.05) is 13.8 Å². The Bertz CT molecular complexity index is 520. The Morgan fingerprint density at radius 1 is 1.41 bits per heavy atom. The van der Waals surface area contributed by atoms with Gasteiger partial charge in [-0.2, -0.15) is 0 Å². The molecule has 0 amide bonds. The molecule has 90 valence electrons. The van der Waals surface area contributed by atoms with Gasteiger partial charge in [0.15, 0.2) is 5.13 Å². The molecule has 0 saturated carbocycles. The summed E-state index contributed by atoms with van der Waals surface area (Å²) in [4.78, 5) is 5.56. The first-order chi connectivity index (χ1) is 8.06. The first-order valence-electron chi connectivity index (χ1n) is 5.18. The summed E-state index contributed by atoms with van der Waals surface area (Å²) in [5, 5.41) is 4.22. The van der Waals surface area contributed by atoms with Crippen LogP contribution in [-0.4, -0.2) is 4.98 Å². The fourth-order valence-corrected chi connectivity index (χ4v) is 2.39. The van der Waals surface area contributed by atoms with Crippen molar-refractivity contribution in [2.75, 3.05) is 5.32 Å². The Kier molecular flexibility index (Phi) is 3.64. The quantitative estimate of drug-likeness (QED) is 0.906. The van der Waals surface area contributed by atoms with E-state index in [-0.39, 0.29) is 5.02 Å². The van der Waals surface area contributed by atoms with Crippen molar-refractivity contribution in [3.8, 4) is 0 Å². The van der Waals surface area contributed by atoms with Crippen LogP contribution in [0.2, 0.25) is 5.02 Å². The third-order valence-electron chi connectivity index (χ3n) is 2.46. The van der Waals surface area contributed by atoms with Crippen molar-refractivity contribution >= 4 is 28.1 Å². The summed E-state index contributed by atoms with van der Waals surface area (Å²) in [6, 6.07) is 4.70. The van der Waals surface area contributed by atoms with Crippen LogP contribution in [0.5, 0.6) is 0 Å². The second-order valence-electron chi connectivity index (χ2n) is 3.76. The van der Waals surface area contributed by atoms with Crippen molar-refractivity contribution in [2.45, 2.75) is 20.4 Å². The number of rotatable bonds is 3. The number of aryl methyl sites for hydroxylation is 2. The van der Waals surface area contributed by atoms with Gasteiger partial charge < -0.3 is 5.32 Å². The number of anilines is 1. The van der Waals surface area contributed by atoms with Crippen LogP contribution in [0, 0.1) is 19.7 Å². The van der Waals surface area contributed by atoms with E-state index < -0.39 is 5.82 Å². The van der Waals surface area contributed by atoms with Gasteiger partial charge in [0.2, 0.25) is 0 Å². The van der Waals surface area contributed by atoms with Crippen LogP contribution < -0.4 is 5.32 Å². The lowest BCUT2D eigenvalue weighted by Crippen LogP contribution is -1.99. The van der Waals surface area contributed by atoms with Gasteiger partial charge in [0.1, 0.15) is 5.82 Å². The Morgan fingerprint density at radius 2 is 2.18 bits per heavy atom. The molecular weight excluding hydrogens is 259 g/mol. The van der Waals surface area contributed by atoms with Crippen LogP contribution in [0.3, 0.4) is 0 Å². The normalized spacial score (nSPS) is 10.6. The summed E-state index contributed by atoms with van der Waals surface area (Å²) >= 11 is 7.32. The van der Waals surface area contributed by atoms with Crippen molar-refractivity contribution in [3.05, 3.63) is 45.2 Å². The number of aromatic nitrogens is 1. The number of benzene rings is 1. The summed E-state index contributed by atoms with van der Waals surface area (Å²) in [5.74, 6) is -0.392. The fraction of sp³-hybridized carbons (Fsp3) is 0.250. The molecule has 0 aliphatic heterocycles. The highest BCUT2D eigenvalue weighted by Crippen LogP contribution is 2.22. The van der Waals surface area contributed by atoms with Crippen molar-refractivity contribution in [1.29, 1.82) is 0 Å². The molecule has 0 fully saturated rings. The lowest BCUT2D eigenvalue weighted by molar-refractivity contribution is 0.627. The van der Waals surface area contributed by atoms with Gasteiger partial charge in [-0.05, 0) is 31.5 Å². The smallest absolute Gasteiger partial charge is 0.183 e. The van der Waals surface area contributed by atoms with Gasteiger partial charge in [-0.1, -0.05) is 17.7 Å². The Hall–Kier alpha value is -1.13. The third-order valence-corrected chi connectivity index (χ3v) is 3.78. The molecule has 2 rings (SSSR count). The molecule has 1 aromatic heterocycles. The maximum Gasteiger partial charge on any atom is 0.183 e. The van der Waals surface area contributed by atoms with Gasteiger partial charge >= 0.3 is 0 Å². The SMILES string of the molecule is Cc1nc(NCc2ccc(F)c(Cl)c2)sc1C. The average molecular weight is 271 g/mol. The molecule has 0 unspecified atom stereocenters.